The number of hydrogen-bond donors (Lipinski definition) is 3. The molecule has 3 atom stereocenters. The van der Waals surface area contributed by atoms with E-state index < -0.39 is 45.1 Å². The van der Waals surface area contributed by atoms with E-state index in [4.69, 9.17) is 9.47 Å². The molecule has 3 N–H and O–H groups in total. The molecule has 1 aliphatic heterocycles. The van der Waals surface area contributed by atoms with Crippen LogP contribution < -0.4 is 19.5 Å². The van der Waals surface area contributed by atoms with Crippen molar-refractivity contribution in [1.29, 1.82) is 0 Å². The fourth-order valence-electron chi connectivity index (χ4n) is 6.22. The number of carbonyl (C=O) groups excluding carboxylic acids is 2. The van der Waals surface area contributed by atoms with Crippen LogP contribution in [0, 0.1) is 22.0 Å². The molecule has 2 heterocycles. The van der Waals surface area contributed by atoms with Crippen molar-refractivity contribution >= 4 is 38.3 Å². The number of carbonyl (C=O) groups is 2. The Balaban J connectivity index is 1.52. The molecule has 3 aromatic rings. The maximum Gasteiger partial charge on any atom is 0.366 e. The Labute approximate surface area is 302 Å². The van der Waals surface area contributed by atoms with Crippen molar-refractivity contribution in [2.45, 2.75) is 70.2 Å². The van der Waals surface area contributed by atoms with Crippen LogP contribution in [0.4, 0.5) is 9.80 Å². The first-order valence-corrected chi connectivity index (χ1v) is 19.1. The summed E-state index contributed by atoms with van der Waals surface area (Å²) in [6.45, 7) is 7.78. The van der Waals surface area contributed by atoms with E-state index in [9.17, 15) is 33.2 Å². The lowest BCUT2D eigenvalue weighted by Crippen LogP contribution is -2.57. The van der Waals surface area contributed by atoms with Crippen molar-refractivity contribution in [3.8, 4) is 11.5 Å². The predicted octanol–water partition coefficient (Wildman–Crippen LogP) is 4.20. The van der Waals surface area contributed by atoms with Gasteiger partial charge in [0, 0.05) is 30.6 Å². The Morgan fingerprint density at radius 2 is 1.75 bits per heavy atom. The third-order valence-electron chi connectivity index (χ3n) is 8.65. The maximum atomic E-state index is 14.0. The summed E-state index contributed by atoms with van der Waals surface area (Å²) < 4.78 is 40.2. The van der Waals surface area contributed by atoms with Crippen molar-refractivity contribution in [2.75, 3.05) is 33.9 Å². The van der Waals surface area contributed by atoms with Gasteiger partial charge >= 0.3 is 11.0 Å². The zero-order chi connectivity index (χ0) is 37.5. The summed E-state index contributed by atoms with van der Waals surface area (Å²) in [6.07, 6.45) is -0.651. The molecule has 0 spiro atoms. The van der Waals surface area contributed by atoms with E-state index in [1.54, 1.807) is 17.5 Å². The number of ether oxygens (including phenoxy) is 2. The summed E-state index contributed by atoms with van der Waals surface area (Å²) in [5.74, 6) is -0.0181. The normalized spacial score (nSPS) is 15.3. The van der Waals surface area contributed by atoms with E-state index in [0.717, 1.165) is 16.9 Å². The third-order valence-corrected chi connectivity index (χ3v) is 11.1. The minimum absolute atomic E-state index is 0.0673. The fraction of sp³-hybridized carbons (Fsp3) is 0.486. The van der Waals surface area contributed by atoms with Gasteiger partial charge in [0.05, 0.1) is 42.7 Å². The smallest absolute Gasteiger partial charge is 0.366 e. The molecule has 0 unspecified atom stereocenters. The molecule has 1 aliphatic rings. The number of amides is 3. The largest absolute Gasteiger partial charge is 0.497 e. The second-order valence-corrected chi connectivity index (χ2v) is 15.8. The van der Waals surface area contributed by atoms with Gasteiger partial charge in [-0.3, -0.25) is 14.9 Å². The van der Waals surface area contributed by atoms with Crippen LogP contribution in [0.1, 0.15) is 44.4 Å². The van der Waals surface area contributed by atoms with Crippen LogP contribution in [0.5, 0.6) is 11.5 Å². The van der Waals surface area contributed by atoms with Gasteiger partial charge in [-0.1, -0.05) is 69.4 Å². The lowest BCUT2D eigenvalue weighted by atomic mass is 9.98. The lowest BCUT2D eigenvalue weighted by Gasteiger charge is -2.33. The number of nitro groups is 1. The van der Waals surface area contributed by atoms with Crippen molar-refractivity contribution in [3.05, 3.63) is 80.7 Å². The van der Waals surface area contributed by atoms with E-state index in [-0.39, 0.29) is 60.1 Å². The zero-order valence-corrected chi connectivity index (χ0v) is 31.3. The second kappa shape index (κ2) is 17.3. The summed E-state index contributed by atoms with van der Waals surface area (Å²) in [5, 5.41) is 27.2. The van der Waals surface area contributed by atoms with E-state index in [2.05, 4.69) is 10.0 Å². The molecule has 16 heteroatoms. The maximum absolute atomic E-state index is 14.0. The van der Waals surface area contributed by atoms with Crippen LogP contribution in [0.3, 0.4) is 0 Å². The van der Waals surface area contributed by atoms with Gasteiger partial charge in [0.1, 0.15) is 11.8 Å². The number of benzene rings is 2. The van der Waals surface area contributed by atoms with Crippen LogP contribution in [0.25, 0.3) is 0 Å². The summed E-state index contributed by atoms with van der Waals surface area (Å²) in [7, 11) is -1.22. The number of nitrogens with one attached hydrogen (secondary N) is 2. The molecule has 278 valence electrons. The zero-order valence-electron chi connectivity index (χ0n) is 29.7. The third kappa shape index (κ3) is 9.75. The average molecular weight is 746 g/mol. The number of sulfonamides is 1. The van der Waals surface area contributed by atoms with Crippen LogP contribution in [-0.2, 0) is 34.2 Å². The molecular formula is C35H47N5O9S2. The van der Waals surface area contributed by atoms with Gasteiger partial charge in [0.25, 0.3) is 0 Å². The summed E-state index contributed by atoms with van der Waals surface area (Å²) in [4.78, 5) is 41.6. The molecule has 2 aromatic carbocycles. The first kappa shape index (κ1) is 39.5. The highest BCUT2D eigenvalue weighted by Crippen LogP contribution is 2.38. The average Bonchev–Trinajstić information content (AvgIpc) is 3.66. The van der Waals surface area contributed by atoms with Crippen LogP contribution in [-0.4, -0.2) is 92.2 Å². The second-order valence-electron chi connectivity index (χ2n) is 13.2. The number of methoxy groups -OCH3 is 2. The Morgan fingerprint density at radius 3 is 2.35 bits per heavy atom. The highest BCUT2D eigenvalue weighted by Gasteiger charge is 2.40. The Bertz CT molecular complexity index is 1780. The minimum Gasteiger partial charge on any atom is -0.497 e. The fourth-order valence-corrected chi connectivity index (χ4v) is 8.34. The number of thiophene rings is 1. The SMILES string of the molecule is COc1ccc(S(=O)(=O)NC[C@@H](O)[C@H](Cc2ccccc2)NC(=O)[C@H](C(C)C)N2CCN(Cc3csc([N+](=O)[O-])c3OC)C2=O)c(CC(C)C)c1. The Morgan fingerprint density at radius 1 is 1.04 bits per heavy atom. The molecule has 3 amide bonds. The summed E-state index contributed by atoms with van der Waals surface area (Å²) in [5.41, 5.74) is 1.89. The highest BCUT2D eigenvalue weighted by molar-refractivity contribution is 7.89. The molecule has 51 heavy (non-hydrogen) atoms. The number of hydrogen-bond acceptors (Lipinski definition) is 10. The lowest BCUT2D eigenvalue weighted by molar-refractivity contribution is -0.381. The molecule has 14 nitrogen and oxygen atoms in total. The van der Waals surface area contributed by atoms with Gasteiger partial charge in [-0.15, -0.1) is 0 Å². The number of nitrogens with zero attached hydrogens (tertiary/aromatic N) is 3. The number of rotatable bonds is 18. The van der Waals surface area contributed by atoms with Crippen LogP contribution in [0.15, 0.2) is 58.8 Å². The number of aliphatic hydroxyl groups is 1. The monoisotopic (exact) mass is 745 g/mol. The topological polar surface area (TPSA) is 181 Å². The van der Waals surface area contributed by atoms with E-state index in [1.165, 1.54) is 30.1 Å². The van der Waals surface area contributed by atoms with Gasteiger partial charge in [0.15, 0.2) is 0 Å². The first-order valence-electron chi connectivity index (χ1n) is 16.7. The molecule has 0 bridgehead atoms. The number of aliphatic hydroxyl groups excluding tert-OH is 1. The van der Waals surface area contributed by atoms with Crippen molar-refractivity contribution < 1.29 is 37.5 Å². The van der Waals surface area contributed by atoms with Crippen LogP contribution >= 0.6 is 11.3 Å². The predicted molar refractivity (Wildman–Crippen MR) is 193 cm³/mol. The molecule has 4 rings (SSSR count). The molecular weight excluding hydrogens is 699 g/mol. The van der Waals surface area contributed by atoms with Gasteiger partial charge in [0.2, 0.25) is 21.7 Å². The quantitative estimate of drug-likeness (QED) is 0.127. The standard InChI is InChI=1S/C35H47N5O9S2/c1-22(2)16-25-18-27(48-5)12-13-30(25)51(46,47)36-19-29(41)28(17-24-10-8-7-9-11-24)37-33(42)31(23(3)4)39-15-14-38(35(39)43)20-26-21-50-34(40(44)45)32(26)49-6/h7-13,18,21-23,28-29,31,36,41H,14-17,19-20H2,1-6H3,(H,37,42)/t28-,29+,31-/m0/s1. The van der Waals surface area contributed by atoms with Gasteiger partial charge < -0.3 is 29.7 Å². The van der Waals surface area contributed by atoms with Crippen molar-refractivity contribution in [2.24, 2.45) is 11.8 Å². The first-order chi connectivity index (χ1) is 24.2. The van der Waals surface area contributed by atoms with Gasteiger partial charge in [-0.2, -0.15) is 0 Å². The molecule has 1 aromatic heterocycles. The van der Waals surface area contributed by atoms with E-state index in [1.807, 2.05) is 58.0 Å². The van der Waals surface area contributed by atoms with Crippen LogP contribution in [0.2, 0.25) is 0 Å². The molecule has 1 fully saturated rings. The highest BCUT2D eigenvalue weighted by atomic mass is 32.2. The Kier molecular flexibility index (Phi) is 13.4. The summed E-state index contributed by atoms with van der Waals surface area (Å²) in [6, 6.07) is 11.7. The molecule has 1 saturated heterocycles. The van der Waals surface area contributed by atoms with Crippen molar-refractivity contribution in [1.82, 2.24) is 19.8 Å². The minimum atomic E-state index is -4.06. The van der Waals surface area contributed by atoms with Gasteiger partial charge in [-0.25, -0.2) is 17.9 Å². The van der Waals surface area contributed by atoms with Gasteiger partial charge in [-0.05, 0) is 54.0 Å². The van der Waals surface area contributed by atoms with E-state index in [0.29, 0.717) is 23.3 Å². The molecule has 0 saturated carbocycles. The van der Waals surface area contributed by atoms with Crippen molar-refractivity contribution in [3.63, 3.8) is 0 Å². The molecule has 0 radical (unpaired) electrons. The number of urea groups is 1. The molecule has 0 aliphatic carbocycles. The summed E-state index contributed by atoms with van der Waals surface area (Å²) >= 11 is 0.917. The van der Waals surface area contributed by atoms with E-state index >= 15 is 0 Å². The Hall–Kier alpha value is -4.25.